The molecule has 7 heteroatoms. The zero-order valence-corrected chi connectivity index (χ0v) is 18.9. The van der Waals surface area contributed by atoms with Crippen LogP contribution in [0.15, 0.2) is 41.5 Å². The van der Waals surface area contributed by atoms with Gasteiger partial charge in [-0.05, 0) is 51.3 Å². The van der Waals surface area contributed by atoms with E-state index >= 15 is 0 Å². The number of hydrogen-bond acceptors (Lipinski definition) is 3. The van der Waals surface area contributed by atoms with Gasteiger partial charge in [0.2, 0.25) is 0 Å². The number of halogens is 1. The van der Waals surface area contributed by atoms with Crippen molar-refractivity contribution < 1.29 is 4.74 Å². The second kappa shape index (κ2) is 13.5. The zero-order valence-electron chi connectivity index (χ0n) is 16.6. The van der Waals surface area contributed by atoms with Gasteiger partial charge < -0.3 is 15.4 Å². The summed E-state index contributed by atoms with van der Waals surface area (Å²) in [6.07, 6.45) is 4.09. The first-order valence-electron chi connectivity index (χ1n) is 9.45. The first-order chi connectivity index (χ1) is 12.7. The lowest BCUT2D eigenvalue weighted by molar-refractivity contribution is 0.152. The van der Waals surface area contributed by atoms with Crippen LogP contribution in [0.2, 0.25) is 0 Å². The summed E-state index contributed by atoms with van der Waals surface area (Å²) in [7, 11) is 0. The number of aryl methyl sites for hydroxylation is 2. The van der Waals surface area contributed by atoms with Crippen molar-refractivity contribution in [3.8, 4) is 5.69 Å². The Bertz CT molecular complexity index is 672. The van der Waals surface area contributed by atoms with Gasteiger partial charge in [-0.15, -0.1) is 24.0 Å². The quantitative estimate of drug-likeness (QED) is 0.235. The standard InChI is InChI=1S/C20H31N5O.HI/c1-4-21-20(23-14-15-26-5-2)22-13-9-10-18-16-25(24-17(18)3)19-11-7-6-8-12-19;/h6-8,11-12,16H,4-5,9-10,13-15H2,1-3H3,(H2,21,22,23);1H. The van der Waals surface area contributed by atoms with Crippen LogP contribution >= 0.6 is 24.0 Å². The van der Waals surface area contributed by atoms with E-state index in [1.165, 1.54) is 5.56 Å². The number of nitrogens with zero attached hydrogens (tertiary/aromatic N) is 3. The van der Waals surface area contributed by atoms with Gasteiger partial charge in [-0.3, -0.25) is 4.99 Å². The van der Waals surface area contributed by atoms with Gasteiger partial charge >= 0.3 is 0 Å². The fourth-order valence-electron chi connectivity index (χ4n) is 2.64. The first kappa shape index (κ1) is 23.4. The van der Waals surface area contributed by atoms with Gasteiger partial charge in [0.05, 0.1) is 18.0 Å². The molecule has 2 aromatic rings. The molecule has 0 unspecified atom stereocenters. The molecular weight excluding hydrogens is 453 g/mol. The summed E-state index contributed by atoms with van der Waals surface area (Å²) >= 11 is 0. The lowest BCUT2D eigenvalue weighted by atomic mass is 10.1. The lowest BCUT2D eigenvalue weighted by Crippen LogP contribution is -2.39. The Labute approximate surface area is 179 Å². The average molecular weight is 485 g/mol. The number of para-hydroxylation sites is 1. The predicted molar refractivity (Wildman–Crippen MR) is 123 cm³/mol. The molecule has 27 heavy (non-hydrogen) atoms. The normalized spacial score (nSPS) is 11.1. The van der Waals surface area contributed by atoms with E-state index in [0.29, 0.717) is 6.61 Å². The molecule has 150 valence electrons. The molecule has 2 rings (SSSR count). The summed E-state index contributed by atoms with van der Waals surface area (Å²) < 4.78 is 7.29. The number of hydrogen-bond donors (Lipinski definition) is 2. The number of benzene rings is 1. The van der Waals surface area contributed by atoms with Crippen molar-refractivity contribution in [2.75, 3.05) is 32.8 Å². The molecule has 0 bridgehead atoms. The number of ether oxygens (including phenoxy) is 1. The minimum Gasteiger partial charge on any atom is -0.380 e. The Balaban J connectivity index is 0.00000364. The Morgan fingerprint density at radius 2 is 1.96 bits per heavy atom. The molecule has 6 nitrogen and oxygen atoms in total. The molecule has 2 N–H and O–H groups in total. The van der Waals surface area contributed by atoms with Crippen LogP contribution < -0.4 is 10.6 Å². The highest BCUT2D eigenvalue weighted by molar-refractivity contribution is 14.0. The van der Waals surface area contributed by atoms with E-state index in [1.54, 1.807) is 0 Å². The monoisotopic (exact) mass is 485 g/mol. The Hall–Kier alpha value is -1.61. The molecule has 1 aromatic carbocycles. The van der Waals surface area contributed by atoms with E-state index < -0.39 is 0 Å². The van der Waals surface area contributed by atoms with Crippen LogP contribution in [-0.4, -0.2) is 48.6 Å². The highest BCUT2D eigenvalue weighted by atomic mass is 127. The topological polar surface area (TPSA) is 63.5 Å². The van der Waals surface area contributed by atoms with Gasteiger partial charge in [0.1, 0.15) is 0 Å². The van der Waals surface area contributed by atoms with E-state index in [1.807, 2.05) is 29.8 Å². The minimum absolute atomic E-state index is 0. The van der Waals surface area contributed by atoms with Crippen molar-refractivity contribution in [2.24, 2.45) is 4.99 Å². The first-order valence-corrected chi connectivity index (χ1v) is 9.45. The van der Waals surface area contributed by atoms with Crippen LogP contribution in [0.25, 0.3) is 5.69 Å². The van der Waals surface area contributed by atoms with Gasteiger partial charge in [-0.25, -0.2) is 4.68 Å². The smallest absolute Gasteiger partial charge is 0.191 e. The van der Waals surface area contributed by atoms with Gasteiger partial charge in [0.25, 0.3) is 0 Å². The van der Waals surface area contributed by atoms with E-state index in [9.17, 15) is 0 Å². The maximum atomic E-state index is 5.34. The van der Waals surface area contributed by atoms with E-state index in [0.717, 1.165) is 56.4 Å². The summed E-state index contributed by atoms with van der Waals surface area (Å²) in [5.41, 5.74) is 3.45. The maximum Gasteiger partial charge on any atom is 0.191 e. The summed E-state index contributed by atoms with van der Waals surface area (Å²) in [5.74, 6) is 0.851. The third kappa shape index (κ3) is 8.30. The largest absolute Gasteiger partial charge is 0.380 e. The molecule has 0 aliphatic carbocycles. The van der Waals surface area contributed by atoms with Crippen molar-refractivity contribution in [1.29, 1.82) is 0 Å². The third-order valence-electron chi connectivity index (χ3n) is 3.98. The summed E-state index contributed by atoms with van der Waals surface area (Å²) in [6.45, 7) is 9.97. The summed E-state index contributed by atoms with van der Waals surface area (Å²) in [4.78, 5) is 4.63. The van der Waals surface area contributed by atoms with Gasteiger partial charge in [-0.2, -0.15) is 5.10 Å². The van der Waals surface area contributed by atoms with Gasteiger partial charge in [-0.1, -0.05) is 18.2 Å². The highest BCUT2D eigenvalue weighted by Crippen LogP contribution is 2.13. The van der Waals surface area contributed by atoms with Gasteiger partial charge in [0, 0.05) is 32.4 Å². The molecule has 0 amide bonds. The lowest BCUT2D eigenvalue weighted by Gasteiger charge is -2.11. The Kier molecular flexibility index (Phi) is 11.8. The van der Waals surface area contributed by atoms with Crippen LogP contribution in [0.1, 0.15) is 31.5 Å². The number of aromatic nitrogens is 2. The van der Waals surface area contributed by atoms with Crippen molar-refractivity contribution >= 4 is 29.9 Å². The molecule has 0 atom stereocenters. The maximum absolute atomic E-state index is 5.34. The SMILES string of the molecule is CCNC(=NCCCc1cn(-c2ccccc2)nc1C)NCCOCC.I. The zero-order chi connectivity index (χ0) is 18.6. The van der Waals surface area contributed by atoms with Crippen LogP contribution in [0.3, 0.4) is 0 Å². The second-order valence-electron chi connectivity index (χ2n) is 6.01. The van der Waals surface area contributed by atoms with Crippen molar-refractivity contribution in [2.45, 2.75) is 33.6 Å². The van der Waals surface area contributed by atoms with Crippen molar-refractivity contribution in [1.82, 2.24) is 20.4 Å². The van der Waals surface area contributed by atoms with Crippen LogP contribution in [0.4, 0.5) is 0 Å². The number of rotatable bonds is 10. The summed E-state index contributed by atoms with van der Waals surface area (Å²) in [6, 6.07) is 10.2. The molecule has 1 aromatic heterocycles. The fraction of sp³-hybridized carbons (Fsp3) is 0.500. The molecule has 0 saturated carbocycles. The molecule has 1 heterocycles. The molecule has 0 saturated heterocycles. The van der Waals surface area contributed by atoms with E-state index in [-0.39, 0.29) is 24.0 Å². The Morgan fingerprint density at radius 3 is 2.67 bits per heavy atom. The Morgan fingerprint density at radius 1 is 1.19 bits per heavy atom. The van der Waals surface area contributed by atoms with Crippen molar-refractivity contribution in [3.05, 3.63) is 47.8 Å². The van der Waals surface area contributed by atoms with Crippen LogP contribution in [0.5, 0.6) is 0 Å². The predicted octanol–water partition coefficient (Wildman–Crippen LogP) is 3.32. The molecule has 0 aliphatic heterocycles. The summed E-state index contributed by atoms with van der Waals surface area (Å²) in [5, 5.41) is 11.2. The van der Waals surface area contributed by atoms with Gasteiger partial charge in [0.15, 0.2) is 5.96 Å². The molecule has 0 fully saturated rings. The van der Waals surface area contributed by atoms with E-state index in [2.05, 4.69) is 52.9 Å². The van der Waals surface area contributed by atoms with Crippen LogP contribution in [0, 0.1) is 6.92 Å². The fourth-order valence-corrected chi connectivity index (χ4v) is 2.64. The number of aliphatic imine (C=N–C) groups is 1. The minimum atomic E-state index is 0. The molecule has 0 radical (unpaired) electrons. The van der Waals surface area contributed by atoms with Crippen molar-refractivity contribution in [3.63, 3.8) is 0 Å². The van der Waals surface area contributed by atoms with Crippen LogP contribution in [-0.2, 0) is 11.2 Å². The molecule has 0 spiro atoms. The molecule has 0 aliphatic rings. The van der Waals surface area contributed by atoms with E-state index in [4.69, 9.17) is 4.74 Å². The third-order valence-corrected chi connectivity index (χ3v) is 3.98. The highest BCUT2D eigenvalue weighted by Gasteiger charge is 2.06. The second-order valence-corrected chi connectivity index (χ2v) is 6.01. The average Bonchev–Trinajstić information content (AvgIpc) is 3.03. The number of nitrogens with one attached hydrogen (secondary N) is 2. The number of guanidine groups is 1. The molecular formula is C20H32IN5O.